The van der Waals surface area contributed by atoms with Crippen molar-refractivity contribution in [3.63, 3.8) is 0 Å². The quantitative estimate of drug-likeness (QED) is 0.186. The Morgan fingerprint density at radius 1 is 1.20 bits per heavy atom. The predicted molar refractivity (Wildman–Crippen MR) is 144 cm³/mol. The highest BCUT2D eigenvalue weighted by Crippen LogP contribution is 2.26. The second kappa shape index (κ2) is 14.6. The van der Waals surface area contributed by atoms with Crippen molar-refractivity contribution < 1.29 is 41.6 Å². The van der Waals surface area contributed by atoms with E-state index in [1.165, 1.54) is 0 Å². The van der Waals surface area contributed by atoms with Crippen LogP contribution in [0, 0.1) is 16.0 Å². The van der Waals surface area contributed by atoms with E-state index in [0.29, 0.717) is 13.0 Å². The summed E-state index contributed by atoms with van der Waals surface area (Å²) >= 11 is 0. The summed E-state index contributed by atoms with van der Waals surface area (Å²) in [7, 11) is -7.43. The first-order valence-corrected chi connectivity index (χ1v) is 15.2. The molecule has 0 spiro atoms. The van der Waals surface area contributed by atoms with Gasteiger partial charge in [-0.2, -0.15) is 4.31 Å². The lowest BCUT2D eigenvalue weighted by molar-refractivity contribution is -0.384. The number of nitrogens with one attached hydrogen (secondary N) is 1. The zero-order chi connectivity index (χ0) is 29.3. The molecule has 15 heteroatoms. The van der Waals surface area contributed by atoms with Crippen LogP contribution in [0.3, 0.4) is 0 Å². The molecule has 1 aliphatic rings. The fourth-order valence-corrected chi connectivity index (χ4v) is 6.26. The number of benzene rings is 2. The third-order valence-corrected chi connectivity index (χ3v) is 8.37. The molecule has 1 heterocycles. The van der Waals surface area contributed by atoms with Gasteiger partial charge in [0.1, 0.15) is 6.10 Å². The minimum Gasteiger partial charge on any atom is -0.444 e. The number of nitrogens with zero attached hydrogens (tertiary/aromatic N) is 2. The number of alkyl carbamates (subject to hydrolysis) is 1. The number of non-ortho nitro benzene ring substituents is 1. The van der Waals surface area contributed by atoms with E-state index in [2.05, 4.69) is 5.32 Å². The van der Waals surface area contributed by atoms with Crippen LogP contribution < -0.4 is 5.32 Å². The third kappa shape index (κ3) is 9.29. The maximum atomic E-state index is 13.6. The van der Waals surface area contributed by atoms with Crippen molar-refractivity contribution in [3.8, 4) is 0 Å². The minimum absolute atomic E-state index is 0.00328. The molecular weight excluding hydrogens is 565 g/mol. The highest BCUT2D eigenvalue weighted by Gasteiger charge is 2.38. The third-order valence-electron chi connectivity index (χ3n) is 6.08. The number of carbonyl (C=O) groups is 1. The Bertz CT molecular complexity index is 1260. The van der Waals surface area contributed by atoms with Gasteiger partial charge in [-0.05, 0) is 30.0 Å². The molecule has 0 radical (unpaired) electrons. The summed E-state index contributed by atoms with van der Waals surface area (Å²) in [6, 6.07) is 12.4. The Balaban J connectivity index is 1.93. The van der Waals surface area contributed by atoms with E-state index in [1.54, 1.807) is 44.2 Å². The zero-order valence-corrected chi connectivity index (χ0v) is 23.8. The number of amides is 1. The molecule has 0 aromatic heterocycles. The van der Waals surface area contributed by atoms with Crippen LogP contribution in [0.1, 0.15) is 25.8 Å². The van der Waals surface area contributed by atoms with Crippen molar-refractivity contribution in [3.05, 3.63) is 70.3 Å². The first-order valence-electron chi connectivity index (χ1n) is 12.6. The molecular formula is C25H33N3O10PS+. The van der Waals surface area contributed by atoms with E-state index in [4.69, 9.17) is 14.0 Å². The fourth-order valence-electron chi connectivity index (χ4n) is 4.20. The van der Waals surface area contributed by atoms with Gasteiger partial charge in [0.2, 0.25) is 10.0 Å². The topological polar surface area (TPSA) is 175 Å². The van der Waals surface area contributed by atoms with Gasteiger partial charge in [0.15, 0.2) is 6.10 Å². The van der Waals surface area contributed by atoms with Crippen molar-refractivity contribution in [1.82, 2.24) is 9.62 Å². The first-order chi connectivity index (χ1) is 19.0. The Morgan fingerprint density at radius 3 is 2.42 bits per heavy atom. The number of rotatable bonds is 14. The number of nitro groups is 1. The normalized spacial score (nSPS) is 17.4. The summed E-state index contributed by atoms with van der Waals surface area (Å²) in [6.45, 7) is 3.89. The van der Waals surface area contributed by atoms with E-state index in [-0.39, 0.29) is 36.1 Å². The molecule has 13 nitrogen and oxygen atoms in total. The highest BCUT2D eigenvalue weighted by atomic mass is 32.2. The number of sulfonamides is 1. The molecule has 3 unspecified atom stereocenters. The summed E-state index contributed by atoms with van der Waals surface area (Å²) in [4.78, 5) is 32.7. The van der Waals surface area contributed by atoms with Crippen molar-refractivity contribution in [2.45, 2.75) is 49.8 Å². The smallest absolute Gasteiger partial charge is 0.444 e. The van der Waals surface area contributed by atoms with Gasteiger partial charge in [0.05, 0.1) is 29.1 Å². The summed E-state index contributed by atoms with van der Waals surface area (Å²) in [5.41, 5.74) is 0.485. The molecule has 1 fully saturated rings. The molecule has 2 N–H and O–H groups in total. The highest BCUT2D eigenvalue weighted by molar-refractivity contribution is 7.89. The second-order valence-electron chi connectivity index (χ2n) is 9.68. The van der Waals surface area contributed by atoms with E-state index in [0.717, 1.165) is 34.1 Å². The average Bonchev–Trinajstić information content (AvgIpc) is 3.40. The molecule has 0 bridgehead atoms. The van der Waals surface area contributed by atoms with Gasteiger partial charge in [-0.1, -0.05) is 44.2 Å². The van der Waals surface area contributed by atoms with Crippen molar-refractivity contribution >= 4 is 30.1 Å². The predicted octanol–water partition coefficient (Wildman–Crippen LogP) is 3.40. The zero-order valence-electron chi connectivity index (χ0n) is 22.1. The van der Waals surface area contributed by atoms with Crippen LogP contribution in [0.4, 0.5) is 10.5 Å². The molecule has 4 atom stereocenters. The Hall–Kier alpha value is -3.00. The second-order valence-corrected chi connectivity index (χ2v) is 12.3. The lowest BCUT2D eigenvalue weighted by Gasteiger charge is -2.30. The maximum absolute atomic E-state index is 13.6. The van der Waals surface area contributed by atoms with Crippen LogP contribution in [0.25, 0.3) is 0 Å². The molecule has 3 rings (SSSR count). The van der Waals surface area contributed by atoms with Crippen LogP contribution in [0.2, 0.25) is 0 Å². The molecule has 218 valence electrons. The van der Waals surface area contributed by atoms with Crippen LogP contribution >= 0.6 is 8.25 Å². The largest absolute Gasteiger partial charge is 0.695 e. The molecule has 1 saturated heterocycles. The summed E-state index contributed by atoms with van der Waals surface area (Å²) < 4.78 is 56.2. The van der Waals surface area contributed by atoms with E-state index in [1.807, 2.05) is 0 Å². The van der Waals surface area contributed by atoms with Gasteiger partial charge in [0.25, 0.3) is 5.69 Å². The van der Waals surface area contributed by atoms with Gasteiger partial charge in [-0.15, -0.1) is 9.42 Å². The lowest BCUT2D eigenvalue weighted by atomic mass is 10.0. The number of carbonyl (C=O) groups excluding carboxylic acids is 1. The van der Waals surface area contributed by atoms with Crippen LogP contribution in [-0.4, -0.2) is 73.2 Å². The van der Waals surface area contributed by atoms with E-state index >= 15 is 0 Å². The number of hydrogen-bond donors (Lipinski definition) is 2. The van der Waals surface area contributed by atoms with E-state index in [9.17, 15) is 32.8 Å². The van der Waals surface area contributed by atoms with Crippen LogP contribution in [0.15, 0.2) is 59.5 Å². The van der Waals surface area contributed by atoms with Gasteiger partial charge in [0, 0.05) is 36.2 Å². The van der Waals surface area contributed by atoms with Crippen LogP contribution in [-0.2, 0) is 35.0 Å². The molecule has 2 aromatic carbocycles. The molecule has 1 amide bonds. The number of nitro benzene ring substituents is 1. The van der Waals surface area contributed by atoms with Gasteiger partial charge in [-0.25, -0.2) is 13.2 Å². The molecule has 1 aliphatic heterocycles. The average molecular weight is 599 g/mol. The van der Waals surface area contributed by atoms with Gasteiger partial charge < -0.3 is 14.8 Å². The van der Waals surface area contributed by atoms with Crippen molar-refractivity contribution in [1.29, 1.82) is 0 Å². The van der Waals surface area contributed by atoms with E-state index < -0.39 is 54.1 Å². The SMILES string of the molecule is CC(C)CN(CC(O[P+](=O)O)[C@H](Cc1ccccc1)NC(=O)OC1CCOC1)S(=O)(=O)c1ccc([N+](=O)[O-])cc1. The van der Waals surface area contributed by atoms with Gasteiger partial charge >= 0.3 is 14.3 Å². The Labute approximate surface area is 233 Å². The Kier molecular flexibility index (Phi) is 11.5. The number of ether oxygens (including phenoxy) is 2. The fraction of sp³-hybridized carbons (Fsp3) is 0.480. The Morgan fingerprint density at radius 2 is 1.88 bits per heavy atom. The van der Waals surface area contributed by atoms with Gasteiger partial charge in [-0.3, -0.25) is 10.1 Å². The monoisotopic (exact) mass is 598 g/mol. The van der Waals surface area contributed by atoms with Crippen molar-refractivity contribution in [2.24, 2.45) is 5.92 Å². The molecule has 2 aromatic rings. The molecule has 0 saturated carbocycles. The first kappa shape index (κ1) is 31.5. The maximum Gasteiger partial charge on any atom is 0.695 e. The summed E-state index contributed by atoms with van der Waals surface area (Å²) in [6.07, 6.45) is -1.86. The molecule has 40 heavy (non-hydrogen) atoms. The summed E-state index contributed by atoms with van der Waals surface area (Å²) in [5.74, 6) is -0.163. The van der Waals surface area contributed by atoms with Crippen LogP contribution in [0.5, 0.6) is 0 Å². The summed E-state index contributed by atoms with van der Waals surface area (Å²) in [5, 5.41) is 13.7. The van der Waals surface area contributed by atoms with Crippen molar-refractivity contribution in [2.75, 3.05) is 26.3 Å². The standard InChI is InChI=1S/C25H32N3O10PS/c1-18(2)15-27(40(34,35)22-10-8-20(9-11-22)28(30)31)16-24(38-39(32)33)23(14-19-6-4-3-5-7-19)26-25(29)37-21-12-13-36-17-21/h3-11,18,21,23-24H,12-17H2,1-2H3,(H-,26,29,32,33)/p+1/t21?,23-,24?/m0/s1. The minimum atomic E-state index is -4.23. The lowest BCUT2D eigenvalue weighted by Crippen LogP contribution is -2.52. The molecule has 0 aliphatic carbocycles. The number of hydrogen-bond acceptors (Lipinski definition) is 9.